The molecule has 0 spiro atoms. The van der Waals surface area contributed by atoms with Crippen molar-refractivity contribution in [2.75, 3.05) is 26.2 Å². The lowest BCUT2D eigenvalue weighted by atomic mass is 9.99. The number of benzene rings is 1. The minimum atomic E-state index is -0.330. The molecule has 0 radical (unpaired) electrons. The minimum Gasteiger partial charge on any atom is -0.338 e. The van der Waals surface area contributed by atoms with E-state index in [4.69, 9.17) is 0 Å². The Morgan fingerprint density at radius 3 is 2.46 bits per heavy atom. The van der Waals surface area contributed by atoms with Crippen LogP contribution in [0.15, 0.2) is 42.7 Å². The first-order valence-corrected chi connectivity index (χ1v) is 12.9. The molecular weight excluding hydrogens is 443 g/mol. The predicted octanol–water partition coefficient (Wildman–Crippen LogP) is 4.44. The molecule has 0 unspecified atom stereocenters. The molecule has 2 aliphatic heterocycles. The van der Waals surface area contributed by atoms with Gasteiger partial charge in [0.1, 0.15) is 5.82 Å². The van der Waals surface area contributed by atoms with Crippen LogP contribution in [0.25, 0.3) is 17.2 Å². The van der Waals surface area contributed by atoms with E-state index >= 15 is 0 Å². The SMILES string of the molecule is O=C(c1cnn(-c2nccc(-c3ccccc3F)n2)c1C1CC1)N1CCC(N2CCCCC2)CC1. The molecular formula is C27H31FN6O. The van der Waals surface area contributed by atoms with Gasteiger partial charge in [0.25, 0.3) is 11.9 Å². The summed E-state index contributed by atoms with van der Waals surface area (Å²) < 4.78 is 16.0. The Balaban J connectivity index is 1.24. The predicted molar refractivity (Wildman–Crippen MR) is 131 cm³/mol. The molecule has 1 saturated carbocycles. The fourth-order valence-electron chi connectivity index (χ4n) is 5.59. The number of likely N-dealkylation sites (tertiary alicyclic amines) is 2. The lowest BCUT2D eigenvalue weighted by Gasteiger charge is -2.40. The van der Waals surface area contributed by atoms with Crippen LogP contribution in [0.3, 0.4) is 0 Å². The van der Waals surface area contributed by atoms with E-state index in [1.54, 1.807) is 41.3 Å². The molecule has 8 heteroatoms. The lowest BCUT2D eigenvalue weighted by Crippen LogP contribution is -2.48. The van der Waals surface area contributed by atoms with Gasteiger partial charge in [-0.3, -0.25) is 4.79 Å². The van der Waals surface area contributed by atoms with E-state index in [2.05, 4.69) is 20.0 Å². The van der Waals surface area contributed by atoms with Crippen molar-refractivity contribution >= 4 is 5.91 Å². The fraction of sp³-hybridized carbons (Fsp3) is 0.481. The number of nitrogens with zero attached hydrogens (tertiary/aromatic N) is 6. The summed E-state index contributed by atoms with van der Waals surface area (Å²) in [6.07, 6.45) is 11.3. The average Bonchev–Trinajstić information content (AvgIpc) is 3.66. The van der Waals surface area contributed by atoms with Gasteiger partial charge in [0, 0.05) is 36.8 Å². The number of hydrogen-bond donors (Lipinski definition) is 0. The second-order valence-electron chi connectivity index (χ2n) is 9.97. The maximum Gasteiger partial charge on any atom is 0.257 e. The van der Waals surface area contributed by atoms with Crippen LogP contribution in [0.5, 0.6) is 0 Å². The Hall–Kier alpha value is -3.13. The van der Waals surface area contributed by atoms with Gasteiger partial charge < -0.3 is 9.80 Å². The van der Waals surface area contributed by atoms with E-state index in [0.717, 1.165) is 44.5 Å². The van der Waals surface area contributed by atoms with Crippen molar-refractivity contribution < 1.29 is 9.18 Å². The number of hydrogen-bond acceptors (Lipinski definition) is 5. The molecule has 4 heterocycles. The Bertz CT molecular complexity index is 1210. The molecule has 1 amide bonds. The van der Waals surface area contributed by atoms with E-state index in [1.807, 2.05) is 4.90 Å². The minimum absolute atomic E-state index is 0.0560. The molecule has 2 aromatic heterocycles. The summed E-state index contributed by atoms with van der Waals surface area (Å²) in [7, 11) is 0. The normalized spacial score (nSPS) is 19.7. The topological polar surface area (TPSA) is 67.2 Å². The van der Waals surface area contributed by atoms with Gasteiger partial charge >= 0.3 is 0 Å². The number of piperidine rings is 2. The van der Waals surface area contributed by atoms with Crippen LogP contribution in [-0.4, -0.2) is 67.7 Å². The molecule has 0 N–H and O–H groups in total. The number of aromatic nitrogens is 4. The summed E-state index contributed by atoms with van der Waals surface area (Å²) in [6, 6.07) is 8.86. The molecule has 35 heavy (non-hydrogen) atoms. The molecule has 1 aliphatic carbocycles. The maximum absolute atomic E-state index is 14.4. The summed E-state index contributed by atoms with van der Waals surface area (Å²) in [5, 5.41) is 4.55. The molecule has 7 nitrogen and oxygen atoms in total. The molecule has 6 rings (SSSR count). The van der Waals surface area contributed by atoms with E-state index in [9.17, 15) is 9.18 Å². The quantitative estimate of drug-likeness (QED) is 0.547. The lowest BCUT2D eigenvalue weighted by molar-refractivity contribution is 0.0589. The summed E-state index contributed by atoms with van der Waals surface area (Å²) in [5.74, 6) is 0.378. The second-order valence-corrected chi connectivity index (χ2v) is 9.97. The Morgan fingerprint density at radius 2 is 1.71 bits per heavy atom. The Labute approximate surface area is 205 Å². The van der Waals surface area contributed by atoms with Gasteiger partial charge in [-0.1, -0.05) is 18.6 Å². The molecule has 2 saturated heterocycles. The van der Waals surface area contributed by atoms with Crippen molar-refractivity contribution in [1.29, 1.82) is 0 Å². The maximum atomic E-state index is 14.4. The molecule has 0 bridgehead atoms. The third-order valence-corrected chi connectivity index (χ3v) is 7.64. The van der Waals surface area contributed by atoms with Crippen molar-refractivity contribution in [3.8, 4) is 17.2 Å². The molecule has 3 fully saturated rings. The number of amides is 1. The molecule has 3 aromatic rings. The van der Waals surface area contributed by atoms with Gasteiger partial charge in [0.05, 0.1) is 23.1 Å². The van der Waals surface area contributed by atoms with Crippen molar-refractivity contribution in [3.05, 3.63) is 59.8 Å². The van der Waals surface area contributed by atoms with Gasteiger partial charge in [-0.25, -0.2) is 19.0 Å². The van der Waals surface area contributed by atoms with Crippen LogP contribution in [0.4, 0.5) is 4.39 Å². The first-order valence-electron chi connectivity index (χ1n) is 12.9. The van der Waals surface area contributed by atoms with Crippen molar-refractivity contribution in [1.82, 2.24) is 29.5 Å². The number of rotatable bonds is 5. The highest BCUT2D eigenvalue weighted by Crippen LogP contribution is 2.42. The Kier molecular flexibility index (Phi) is 6.06. The Morgan fingerprint density at radius 1 is 0.943 bits per heavy atom. The highest BCUT2D eigenvalue weighted by atomic mass is 19.1. The average molecular weight is 475 g/mol. The van der Waals surface area contributed by atoms with E-state index in [1.165, 1.54) is 38.4 Å². The summed E-state index contributed by atoms with van der Waals surface area (Å²) in [5.41, 5.74) is 2.46. The van der Waals surface area contributed by atoms with Gasteiger partial charge in [0.15, 0.2) is 0 Å². The second kappa shape index (κ2) is 9.49. The first-order chi connectivity index (χ1) is 17.2. The zero-order valence-electron chi connectivity index (χ0n) is 19.9. The van der Waals surface area contributed by atoms with E-state index in [-0.39, 0.29) is 17.6 Å². The van der Waals surface area contributed by atoms with Crippen molar-refractivity contribution in [2.45, 2.75) is 56.9 Å². The standard InChI is InChI=1S/C27H31FN6O/c28-23-7-3-2-6-21(23)24-10-13-29-27(31-24)34-25(19-8-9-19)22(18-30-34)26(35)33-16-11-20(12-17-33)32-14-4-1-5-15-32/h2-3,6-7,10,13,18-20H,1,4-5,8-9,11-12,14-17H2. The molecule has 0 atom stereocenters. The first kappa shape index (κ1) is 22.3. The van der Waals surface area contributed by atoms with Crippen LogP contribution >= 0.6 is 0 Å². The van der Waals surface area contributed by atoms with Crippen LogP contribution in [0, 0.1) is 5.82 Å². The monoisotopic (exact) mass is 474 g/mol. The van der Waals surface area contributed by atoms with Gasteiger partial charge in [-0.15, -0.1) is 0 Å². The van der Waals surface area contributed by atoms with Gasteiger partial charge in [-0.05, 0) is 69.8 Å². The molecule has 3 aliphatic rings. The summed E-state index contributed by atoms with van der Waals surface area (Å²) in [6.45, 7) is 3.97. The largest absolute Gasteiger partial charge is 0.338 e. The number of carbonyl (C=O) groups excluding carboxylic acids is 1. The summed E-state index contributed by atoms with van der Waals surface area (Å²) in [4.78, 5) is 27.2. The highest BCUT2D eigenvalue weighted by molar-refractivity contribution is 5.95. The smallest absolute Gasteiger partial charge is 0.257 e. The van der Waals surface area contributed by atoms with E-state index < -0.39 is 0 Å². The van der Waals surface area contributed by atoms with Crippen molar-refractivity contribution in [2.24, 2.45) is 0 Å². The zero-order chi connectivity index (χ0) is 23.8. The molecule has 182 valence electrons. The van der Waals surface area contributed by atoms with Crippen LogP contribution in [0.2, 0.25) is 0 Å². The van der Waals surface area contributed by atoms with Crippen LogP contribution < -0.4 is 0 Å². The zero-order valence-corrected chi connectivity index (χ0v) is 19.9. The third-order valence-electron chi connectivity index (χ3n) is 7.64. The highest BCUT2D eigenvalue weighted by Gasteiger charge is 2.36. The summed E-state index contributed by atoms with van der Waals surface area (Å²) >= 11 is 0. The number of carbonyl (C=O) groups is 1. The molecule has 1 aromatic carbocycles. The third kappa shape index (κ3) is 4.47. The fourth-order valence-corrected chi connectivity index (χ4v) is 5.59. The van der Waals surface area contributed by atoms with Gasteiger partial charge in [-0.2, -0.15) is 5.10 Å². The van der Waals surface area contributed by atoms with Crippen LogP contribution in [-0.2, 0) is 0 Å². The van der Waals surface area contributed by atoms with Crippen LogP contribution in [0.1, 0.15) is 66.9 Å². The van der Waals surface area contributed by atoms with E-state index in [0.29, 0.717) is 28.8 Å². The van der Waals surface area contributed by atoms with Crippen molar-refractivity contribution in [3.63, 3.8) is 0 Å². The van der Waals surface area contributed by atoms with Gasteiger partial charge in [0.2, 0.25) is 0 Å². The number of halogens is 1.